The van der Waals surface area contributed by atoms with E-state index in [4.69, 9.17) is 30.5 Å². The third kappa shape index (κ3) is 4.45. The van der Waals surface area contributed by atoms with Crippen LogP contribution in [0.3, 0.4) is 0 Å². The fourth-order valence-corrected chi connectivity index (χ4v) is 5.19. The molecule has 0 amide bonds. The van der Waals surface area contributed by atoms with E-state index in [1.165, 1.54) is 5.56 Å². The zero-order valence-corrected chi connectivity index (χ0v) is 21.0. The van der Waals surface area contributed by atoms with Crippen LogP contribution in [0, 0.1) is 0 Å². The molecule has 35 heavy (non-hydrogen) atoms. The molecule has 6 nitrogen and oxygen atoms in total. The fourth-order valence-electron chi connectivity index (χ4n) is 4.54. The summed E-state index contributed by atoms with van der Waals surface area (Å²) in [6, 6.07) is 15.4. The lowest BCUT2D eigenvalue weighted by Gasteiger charge is -2.29. The average Bonchev–Trinajstić information content (AvgIpc) is 3.19. The molecule has 0 N–H and O–H groups in total. The average molecular weight is 555 g/mol. The van der Waals surface area contributed by atoms with E-state index in [1.807, 2.05) is 42.5 Å². The van der Waals surface area contributed by atoms with Gasteiger partial charge in [0.15, 0.2) is 12.6 Å². The zero-order valence-electron chi connectivity index (χ0n) is 18.7. The molecule has 3 aliphatic rings. The Hall–Kier alpha value is -2.84. The van der Waals surface area contributed by atoms with Crippen molar-refractivity contribution in [2.45, 2.75) is 19.6 Å². The molecule has 0 unspecified atom stereocenters. The molecular weight excluding hydrogens is 534 g/mol. The van der Waals surface area contributed by atoms with Crippen LogP contribution in [0.2, 0.25) is 5.02 Å². The van der Waals surface area contributed by atoms with Crippen LogP contribution in [-0.2, 0) is 24.3 Å². The third-order valence-electron chi connectivity index (χ3n) is 6.30. The standard InChI is InChI=1S/C27H21BrClNO5/c28-19-9-17(26-18(10-19)13-32-15-34-26)11-24-25(31)21-5-6-23-22(27(21)35-24)12-30(14-33-23)8-7-16-1-3-20(29)4-2-16/h1-6,9-11H,7-8,12-15H2/b24-11-. The van der Waals surface area contributed by atoms with Crippen molar-refractivity contribution < 1.29 is 23.7 Å². The van der Waals surface area contributed by atoms with Crippen LogP contribution in [0.15, 0.2) is 58.8 Å². The molecule has 3 aliphatic heterocycles. The summed E-state index contributed by atoms with van der Waals surface area (Å²) in [5.41, 5.74) is 4.33. The Morgan fingerprint density at radius 1 is 1.06 bits per heavy atom. The van der Waals surface area contributed by atoms with E-state index in [-0.39, 0.29) is 18.3 Å². The Labute approximate surface area is 216 Å². The van der Waals surface area contributed by atoms with Gasteiger partial charge in [0.1, 0.15) is 24.0 Å². The summed E-state index contributed by atoms with van der Waals surface area (Å²) in [6.45, 7) is 2.57. The summed E-state index contributed by atoms with van der Waals surface area (Å²) in [6.07, 6.45) is 2.61. The van der Waals surface area contributed by atoms with E-state index in [9.17, 15) is 4.79 Å². The second-order valence-corrected chi connectivity index (χ2v) is 10.0. The molecule has 8 heteroatoms. The number of carbonyl (C=O) groups excluding carboxylic acids is 1. The first-order chi connectivity index (χ1) is 17.0. The summed E-state index contributed by atoms with van der Waals surface area (Å²) >= 11 is 9.53. The Balaban J connectivity index is 1.25. The number of ether oxygens (including phenoxy) is 4. The number of allylic oxidation sites excluding steroid dienone is 1. The largest absolute Gasteiger partial charge is 0.478 e. The number of Topliss-reactive ketones (excluding diaryl/α,β-unsaturated/α-hetero) is 1. The van der Waals surface area contributed by atoms with Crippen LogP contribution in [0.25, 0.3) is 6.08 Å². The van der Waals surface area contributed by atoms with Gasteiger partial charge in [0.05, 0.1) is 17.7 Å². The minimum atomic E-state index is -0.151. The molecular formula is C27H21BrClNO5. The van der Waals surface area contributed by atoms with Gasteiger partial charge in [-0.15, -0.1) is 0 Å². The van der Waals surface area contributed by atoms with E-state index in [0.717, 1.165) is 44.9 Å². The molecule has 0 bridgehead atoms. The number of hydrogen-bond acceptors (Lipinski definition) is 6. The first-order valence-corrected chi connectivity index (χ1v) is 12.4. The van der Waals surface area contributed by atoms with Crippen molar-refractivity contribution >= 4 is 39.4 Å². The number of ketones is 1. The Kier molecular flexibility index (Phi) is 6.02. The van der Waals surface area contributed by atoms with Crippen molar-refractivity contribution in [1.82, 2.24) is 4.90 Å². The van der Waals surface area contributed by atoms with Crippen LogP contribution in [0.5, 0.6) is 17.2 Å². The van der Waals surface area contributed by atoms with Gasteiger partial charge in [-0.1, -0.05) is 39.7 Å². The van der Waals surface area contributed by atoms with Crippen LogP contribution >= 0.6 is 27.5 Å². The summed E-state index contributed by atoms with van der Waals surface area (Å²) in [5.74, 6) is 2.14. The lowest BCUT2D eigenvalue weighted by Crippen LogP contribution is -2.33. The maximum Gasteiger partial charge on any atom is 0.231 e. The van der Waals surface area contributed by atoms with Crippen molar-refractivity contribution in [3.8, 4) is 17.2 Å². The van der Waals surface area contributed by atoms with Gasteiger partial charge in [0.2, 0.25) is 5.78 Å². The highest BCUT2D eigenvalue weighted by atomic mass is 79.9. The molecule has 0 radical (unpaired) electrons. The maximum absolute atomic E-state index is 13.2. The molecule has 3 aromatic carbocycles. The van der Waals surface area contributed by atoms with E-state index >= 15 is 0 Å². The molecule has 0 aromatic heterocycles. The second-order valence-electron chi connectivity index (χ2n) is 8.66. The number of carbonyl (C=O) groups is 1. The molecule has 3 heterocycles. The van der Waals surface area contributed by atoms with E-state index in [1.54, 1.807) is 12.1 Å². The van der Waals surface area contributed by atoms with Crippen LogP contribution in [0.1, 0.15) is 32.6 Å². The SMILES string of the molecule is O=C1/C(=C/c2cc(Br)cc3c2OCOC3)Oc2c1ccc1c2CN(CCc2ccc(Cl)cc2)CO1. The summed E-state index contributed by atoms with van der Waals surface area (Å²) < 4.78 is 24.1. The summed E-state index contributed by atoms with van der Waals surface area (Å²) in [4.78, 5) is 15.4. The van der Waals surface area contributed by atoms with Gasteiger partial charge < -0.3 is 18.9 Å². The van der Waals surface area contributed by atoms with Gasteiger partial charge in [-0.05, 0) is 54.5 Å². The molecule has 6 rings (SSSR count). The van der Waals surface area contributed by atoms with E-state index in [0.29, 0.717) is 36.9 Å². The molecule has 0 atom stereocenters. The zero-order chi connectivity index (χ0) is 23.9. The van der Waals surface area contributed by atoms with E-state index < -0.39 is 0 Å². The van der Waals surface area contributed by atoms with Crippen LogP contribution < -0.4 is 14.2 Å². The normalized spacial score (nSPS) is 17.8. The third-order valence-corrected chi connectivity index (χ3v) is 7.01. The lowest BCUT2D eigenvalue weighted by molar-refractivity contribution is -0.0165. The highest BCUT2D eigenvalue weighted by molar-refractivity contribution is 9.10. The van der Waals surface area contributed by atoms with Crippen molar-refractivity contribution in [2.75, 3.05) is 20.1 Å². The van der Waals surface area contributed by atoms with Gasteiger partial charge in [0, 0.05) is 33.7 Å². The topological polar surface area (TPSA) is 57.2 Å². The van der Waals surface area contributed by atoms with Crippen molar-refractivity contribution in [1.29, 1.82) is 0 Å². The number of halogens is 2. The monoisotopic (exact) mass is 553 g/mol. The highest BCUT2D eigenvalue weighted by Gasteiger charge is 2.34. The quantitative estimate of drug-likeness (QED) is 0.370. The first kappa shape index (κ1) is 22.6. The van der Waals surface area contributed by atoms with Gasteiger partial charge in [-0.3, -0.25) is 9.69 Å². The minimum Gasteiger partial charge on any atom is -0.478 e. The van der Waals surface area contributed by atoms with Gasteiger partial charge >= 0.3 is 0 Å². The summed E-state index contributed by atoms with van der Waals surface area (Å²) in [7, 11) is 0. The fraction of sp³-hybridized carbons (Fsp3) is 0.222. The second kappa shape index (κ2) is 9.32. The van der Waals surface area contributed by atoms with Gasteiger partial charge in [-0.2, -0.15) is 0 Å². The smallest absolute Gasteiger partial charge is 0.231 e. The molecule has 0 spiro atoms. The minimum absolute atomic E-state index is 0.151. The highest BCUT2D eigenvalue weighted by Crippen LogP contribution is 2.43. The number of hydrogen-bond donors (Lipinski definition) is 0. The molecule has 178 valence electrons. The number of nitrogens with zero attached hydrogens (tertiary/aromatic N) is 1. The first-order valence-electron chi connectivity index (χ1n) is 11.3. The molecule has 0 fully saturated rings. The lowest BCUT2D eigenvalue weighted by atomic mass is 10.0. The number of benzene rings is 3. The van der Waals surface area contributed by atoms with E-state index in [2.05, 4.69) is 20.8 Å². The van der Waals surface area contributed by atoms with Crippen LogP contribution in [0.4, 0.5) is 0 Å². The van der Waals surface area contributed by atoms with Gasteiger partial charge in [-0.25, -0.2) is 0 Å². The maximum atomic E-state index is 13.2. The molecule has 0 aliphatic carbocycles. The van der Waals surface area contributed by atoms with Crippen molar-refractivity contribution in [3.05, 3.63) is 91.6 Å². The summed E-state index contributed by atoms with van der Waals surface area (Å²) in [5, 5.41) is 0.730. The van der Waals surface area contributed by atoms with Crippen LogP contribution in [-0.4, -0.2) is 30.8 Å². The Bertz CT molecular complexity index is 1350. The predicted molar refractivity (Wildman–Crippen MR) is 135 cm³/mol. The Morgan fingerprint density at radius 3 is 2.77 bits per heavy atom. The Morgan fingerprint density at radius 2 is 1.91 bits per heavy atom. The molecule has 0 saturated heterocycles. The van der Waals surface area contributed by atoms with Gasteiger partial charge in [0.25, 0.3) is 0 Å². The van der Waals surface area contributed by atoms with Crippen molar-refractivity contribution in [3.63, 3.8) is 0 Å². The molecule has 3 aromatic rings. The number of fused-ring (bicyclic) bond motifs is 4. The predicted octanol–water partition coefficient (Wildman–Crippen LogP) is 5.98. The molecule has 0 saturated carbocycles. The number of rotatable bonds is 4. The van der Waals surface area contributed by atoms with Crippen molar-refractivity contribution in [2.24, 2.45) is 0 Å².